The minimum absolute atomic E-state index is 0.000147. The number of nitrogens with zero attached hydrogens (tertiary/aromatic N) is 2. The number of fused-ring (bicyclic) bond motifs is 1. The highest BCUT2D eigenvalue weighted by Gasteiger charge is 2.26. The summed E-state index contributed by atoms with van der Waals surface area (Å²) in [5, 5.41) is 13.6. The highest BCUT2D eigenvalue weighted by atomic mass is 19.1. The molecular formula is C25H25F2N3O4. The Bertz CT molecular complexity index is 1200. The molecule has 1 aliphatic heterocycles. The van der Waals surface area contributed by atoms with Crippen LogP contribution in [0.5, 0.6) is 5.88 Å². The molecule has 0 spiro atoms. The predicted molar refractivity (Wildman–Crippen MR) is 122 cm³/mol. The number of aromatic nitrogens is 2. The molecule has 1 aliphatic rings. The number of hydrogen-bond acceptors (Lipinski definition) is 6. The molecule has 1 amide bonds. The fourth-order valence-electron chi connectivity index (χ4n) is 3.95. The van der Waals surface area contributed by atoms with Gasteiger partial charge in [0.25, 0.3) is 0 Å². The molecule has 0 radical (unpaired) electrons. The van der Waals surface area contributed by atoms with Crippen LogP contribution in [0.1, 0.15) is 36.5 Å². The molecule has 2 aromatic heterocycles. The zero-order chi connectivity index (χ0) is 24.1. The molecule has 1 aromatic carbocycles. The van der Waals surface area contributed by atoms with Crippen LogP contribution in [-0.4, -0.2) is 46.8 Å². The van der Waals surface area contributed by atoms with Gasteiger partial charge in [0, 0.05) is 35.9 Å². The normalized spacial score (nSPS) is 19.3. The van der Waals surface area contributed by atoms with Crippen LogP contribution in [0.3, 0.4) is 0 Å². The number of carbonyl (C=O) groups excluding carboxylic acids is 1. The molecule has 3 atom stereocenters. The molecule has 3 heterocycles. The lowest BCUT2D eigenvalue weighted by molar-refractivity contribution is -0.118. The first-order chi connectivity index (χ1) is 16.4. The number of nitrogens with one attached hydrogen (secondary N) is 1. The average Bonchev–Trinajstić information content (AvgIpc) is 2.85. The number of benzene rings is 1. The summed E-state index contributed by atoms with van der Waals surface area (Å²) in [6.45, 7) is 0.286. The second kappa shape index (κ2) is 10.7. The van der Waals surface area contributed by atoms with E-state index in [0.717, 1.165) is 18.2 Å². The smallest absolute Gasteiger partial charge is 0.244 e. The number of halogens is 2. The van der Waals surface area contributed by atoms with Gasteiger partial charge in [-0.15, -0.1) is 0 Å². The zero-order valence-electron chi connectivity index (χ0n) is 18.6. The van der Waals surface area contributed by atoms with Crippen molar-refractivity contribution in [1.29, 1.82) is 0 Å². The van der Waals surface area contributed by atoms with Crippen LogP contribution in [0, 0.1) is 11.6 Å². The molecule has 9 heteroatoms. The molecule has 34 heavy (non-hydrogen) atoms. The van der Waals surface area contributed by atoms with E-state index >= 15 is 0 Å². The van der Waals surface area contributed by atoms with Crippen LogP contribution in [0.15, 0.2) is 48.7 Å². The van der Waals surface area contributed by atoms with Crippen molar-refractivity contribution in [2.75, 3.05) is 13.7 Å². The van der Waals surface area contributed by atoms with Gasteiger partial charge in [0.15, 0.2) is 0 Å². The fourth-order valence-corrected chi connectivity index (χ4v) is 3.95. The fraction of sp³-hybridized carbons (Fsp3) is 0.320. The Labute approximate surface area is 195 Å². The van der Waals surface area contributed by atoms with Gasteiger partial charge in [-0.1, -0.05) is 0 Å². The Hall–Kier alpha value is -3.43. The van der Waals surface area contributed by atoms with Gasteiger partial charge in [-0.2, -0.15) is 0 Å². The van der Waals surface area contributed by atoms with E-state index in [1.54, 1.807) is 24.4 Å². The highest BCUT2D eigenvalue weighted by Crippen LogP contribution is 2.29. The molecule has 0 bridgehead atoms. The van der Waals surface area contributed by atoms with E-state index < -0.39 is 23.6 Å². The molecule has 4 rings (SSSR count). The Balaban J connectivity index is 1.30. The highest BCUT2D eigenvalue weighted by molar-refractivity contribution is 5.92. The maximum Gasteiger partial charge on any atom is 0.244 e. The van der Waals surface area contributed by atoms with Gasteiger partial charge in [-0.05, 0) is 49.2 Å². The first-order valence-corrected chi connectivity index (χ1v) is 11.0. The summed E-state index contributed by atoms with van der Waals surface area (Å²) in [7, 11) is 1.53. The number of carbonyl (C=O) groups is 1. The summed E-state index contributed by atoms with van der Waals surface area (Å²) in [6.07, 6.45) is 4.73. The minimum atomic E-state index is -0.801. The van der Waals surface area contributed by atoms with E-state index in [2.05, 4.69) is 15.3 Å². The van der Waals surface area contributed by atoms with Crippen molar-refractivity contribution >= 4 is 23.0 Å². The van der Waals surface area contributed by atoms with Crippen molar-refractivity contribution in [3.63, 3.8) is 0 Å². The van der Waals surface area contributed by atoms with Gasteiger partial charge in [-0.25, -0.2) is 13.8 Å². The van der Waals surface area contributed by atoms with E-state index in [1.807, 2.05) is 0 Å². The Morgan fingerprint density at radius 3 is 2.91 bits per heavy atom. The number of amides is 1. The molecule has 1 unspecified atom stereocenters. The summed E-state index contributed by atoms with van der Waals surface area (Å²) < 4.78 is 38.0. The summed E-state index contributed by atoms with van der Waals surface area (Å²) in [5.41, 5.74) is 1.89. The van der Waals surface area contributed by atoms with Gasteiger partial charge in [0.2, 0.25) is 11.8 Å². The van der Waals surface area contributed by atoms with Gasteiger partial charge in [0.05, 0.1) is 43.0 Å². The quantitative estimate of drug-likeness (QED) is 0.513. The van der Waals surface area contributed by atoms with Gasteiger partial charge in [-0.3, -0.25) is 9.78 Å². The molecule has 1 fully saturated rings. The van der Waals surface area contributed by atoms with Crippen molar-refractivity contribution in [2.24, 2.45) is 0 Å². The van der Waals surface area contributed by atoms with Crippen LogP contribution < -0.4 is 10.1 Å². The van der Waals surface area contributed by atoms with Crippen LogP contribution in [-0.2, 0) is 9.53 Å². The third-order valence-electron chi connectivity index (χ3n) is 5.73. The van der Waals surface area contributed by atoms with E-state index in [9.17, 15) is 18.7 Å². The van der Waals surface area contributed by atoms with Crippen molar-refractivity contribution in [3.8, 4) is 5.88 Å². The molecule has 7 nitrogen and oxygen atoms in total. The summed E-state index contributed by atoms with van der Waals surface area (Å²) in [6, 6.07) is 8.08. The molecule has 0 aliphatic carbocycles. The molecule has 178 valence electrons. The van der Waals surface area contributed by atoms with E-state index in [-0.39, 0.29) is 24.3 Å². The number of rotatable bonds is 7. The monoisotopic (exact) mass is 469 g/mol. The molecule has 3 aromatic rings. The second-order valence-corrected chi connectivity index (χ2v) is 8.11. The minimum Gasteiger partial charge on any atom is -0.481 e. The number of aliphatic hydroxyl groups excluding tert-OH is 1. The van der Waals surface area contributed by atoms with E-state index in [1.165, 1.54) is 19.3 Å². The maximum absolute atomic E-state index is 13.7. The SMILES string of the molecule is COc1ccc2nccc(C(O)C[C@@H]3CC[C@@H](NC(=O)/C=C/c4cc(F)ccc4F)CO3)c2n1. The molecule has 0 saturated carbocycles. The maximum atomic E-state index is 13.7. The number of hydrogen-bond donors (Lipinski definition) is 2. The van der Waals surface area contributed by atoms with Crippen LogP contribution >= 0.6 is 0 Å². The lowest BCUT2D eigenvalue weighted by Crippen LogP contribution is -2.42. The number of ether oxygens (including phenoxy) is 2. The zero-order valence-corrected chi connectivity index (χ0v) is 18.6. The van der Waals surface area contributed by atoms with Crippen LogP contribution in [0.25, 0.3) is 17.1 Å². The van der Waals surface area contributed by atoms with Gasteiger partial charge >= 0.3 is 0 Å². The standard InChI is InChI=1S/C25H25F2N3O4/c1-33-24-9-7-21-25(30-24)19(10-11-28-21)22(31)13-18-5-4-17(14-34-18)29-23(32)8-2-15-12-16(26)3-6-20(15)27/h2-3,6-12,17-18,22,31H,4-5,13-14H2,1H3,(H,29,32)/b8-2+/t17-,18+,22?/m1/s1. The van der Waals surface area contributed by atoms with Crippen LogP contribution in [0.2, 0.25) is 0 Å². The molecular weight excluding hydrogens is 444 g/mol. The van der Waals surface area contributed by atoms with Crippen molar-refractivity contribution in [1.82, 2.24) is 15.3 Å². The third-order valence-corrected chi connectivity index (χ3v) is 5.73. The summed E-state index contributed by atoms with van der Waals surface area (Å²) in [5.74, 6) is -1.16. The van der Waals surface area contributed by atoms with Gasteiger partial charge in [0.1, 0.15) is 11.6 Å². The second-order valence-electron chi connectivity index (χ2n) is 8.11. The first kappa shape index (κ1) is 23.7. The first-order valence-electron chi connectivity index (χ1n) is 11.0. The third kappa shape index (κ3) is 5.73. The summed E-state index contributed by atoms with van der Waals surface area (Å²) in [4.78, 5) is 20.9. The van der Waals surface area contributed by atoms with E-state index in [0.29, 0.717) is 41.7 Å². The van der Waals surface area contributed by atoms with Crippen molar-refractivity contribution < 1.29 is 28.2 Å². The lowest BCUT2D eigenvalue weighted by Gasteiger charge is -2.30. The number of pyridine rings is 2. The summed E-state index contributed by atoms with van der Waals surface area (Å²) >= 11 is 0. The Morgan fingerprint density at radius 2 is 2.15 bits per heavy atom. The number of aliphatic hydroxyl groups is 1. The average molecular weight is 469 g/mol. The van der Waals surface area contributed by atoms with Crippen molar-refractivity contribution in [2.45, 2.75) is 37.5 Å². The van der Waals surface area contributed by atoms with Crippen LogP contribution in [0.4, 0.5) is 8.78 Å². The lowest BCUT2D eigenvalue weighted by atomic mass is 9.96. The number of methoxy groups -OCH3 is 1. The molecule has 2 N–H and O–H groups in total. The topological polar surface area (TPSA) is 93.6 Å². The molecule has 1 saturated heterocycles. The van der Waals surface area contributed by atoms with Crippen molar-refractivity contribution in [3.05, 3.63) is 71.4 Å². The van der Waals surface area contributed by atoms with E-state index in [4.69, 9.17) is 9.47 Å². The predicted octanol–water partition coefficient (Wildman–Crippen LogP) is 3.72. The largest absolute Gasteiger partial charge is 0.481 e. The Morgan fingerprint density at radius 1 is 1.29 bits per heavy atom. The van der Waals surface area contributed by atoms with Gasteiger partial charge < -0.3 is 19.9 Å². The Kier molecular flexibility index (Phi) is 7.44.